The Morgan fingerprint density at radius 1 is 1.31 bits per heavy atom. The van der Waals surface area contributed by atoms with Gasteiger partial charge in [-0.2, -0.15) is 0 Å². The second-order valence-electron chi connectivity index (χ2n) is 3.52. The molecule has 90 valence electrons. The van der Waals surface area contributed by atoms with Crippen LogP contribution in [0.4, 0.5) is 0 Å². The molecule has 0 bridgehead atoms. The molecule has 2 N–H and O–H groups in total. The van der Waals surface area contributed by atoms with Gasteiger partial charge in [0.2, 0.25) is 0 Å². The van der Waals surface area contributed by atoms with E-state index in [-0.39, 0.29) is 0 Å². The largest absolute Gasteiger partial charge is 0.329 e. The van der Waals surface area contributed by atoms with Crippen LogP contribution < -0.4 is 5.73 Å². The van der Waals surface area contributed by atoms with Crippen LogP contribution in [0.15, 0.2) is 23.1 Å². The molecular formula is C11H16Cl2N2S. The number of hydrogen-bond acceptors (Lipinski definition) is 3. The first-order valence-electron chi connectivity index (χ1n) is 5.10. The van der Waals surface area contributed by atoms with Gasteiger partial charge in [-0.25, -0.2) is 0 Å². The molecule has 0 saturated heterocycles. The van der Waals surface area contributed by atoms with Crippen LogP contribution >= 0.6 is 35.0 Å². The first-order chi connectivity index (χ1) is 7.63. The van der Waals surface area contributed by atoms with E-state index in [2.05, 4.69) is 11.9 Å². The van der Waals surface area contributed by atoms with Crippen LogP contribution in [0.2, 0.25) is 10.0 Å². The number of halogens is 2. The molecule has 0 spiro atoms. The first kappa shape index (κ1) is 14.1. The molecule has 0 amide bonds. The molecule has 1 aromatic carbocycles. The van der Waals surface area contributed by atoms with Crippen molar-refractivity contribution < 1.29 is 0 Å². The lowest BCUT2D eigenvalue weighted by molar-refractivity contribution is 0.366. The molecule has 2 nitrogen and oxygen atoms in total. The molecule has 0 aromatic heterocycles. The van der Waals surface area contributed by atoms with Crippen molar-refractivity contribution in [2.45, 2.75) is 4.90 Å². The smallest absolute Gasteiger partial charge is 0.0542 e. The third-order valence-electron chi connectivity index (χ3n) is 2.13. The van der Waals surface area contributed by atoms with E-state index in [1.165, 1.54) is 0 Å². The molecule has 1 rings (SSSR count). The van der Waals surface area contributed by atoms with Crippen molar-refractivity contribution in [2.75, 3.05) is 32.4 Å². The summed E-state index contributed by atoms with van der Waals surface area (Å²) >= 11 is 13.7. The Morgan fingerprint density at radius 2 is 2.06 bits per heavy atom. The van der Waals surface area contributed by atoms with Gasteiger partial charge in [-0.15, -0.1) is 11.8 Å². The number of nitrogens with zero attached hydrogens (tertiary/aromatic N) is 1. The maximum Gasteiger partial charge on any atom is 0.0542 e. The summed E-state index contributed by atoms with van der Waals surface area (Å²) in [5, 5.41) is 1.48. The van der Waals surface area contributed by atoms with Gasteiger partial charge in [0, 0.05) is 35.3 Å². The Balaban J connectivity index is 2.39. The Bertz CT molecular complexity index is 334. The molecular weight excluding hydrogens is 263 g/mol. The van der Waals surface area contributed by atoms with Crippen molar-refractivity contribution in [2.24, 2.45) is 5.73 Å². The van der Waals surface area contributed by atoms with Crippen molar-refractivity contribution >= 4 is 35.0 Å². The summed E-state index contributed by atoms with van der Waals surface area (Å²) < 4.78 is 0. The minimum absolute atomic E-state index is 0.694. The second-order valence-corrected chi connectivity index (χ2v) is 5.50. The molecule has 0 saturated carbocycles. The summed E-state index contributed by atoms with van der Waals surface area (Å²) in [7, 11) is 2.06. The Morgan fingerprint density at radius 3 is 2.75 bits per heavy atom. The van der Waals surface area contributed by atoms with E-state index in [0.717, 1.165) is 33.8 Å². The molecule has 0 fully saturated rings. The maximum atomic E-state index is 6.06. The van der Waals surface area contributed by atoms with Gasteiger partial charge in [0.05, 0.1) is 5.02 Å². The summed E-state index contributed by atoms with van der Waals surface area (Å²) in [6.45, 7) is 2.60. The van der Waals surface area contributed by atoms with E-state index < -0.39 is 0 Å². The van der Waals surface area contributed by atoms with Gasteiger partial charge in [-0.1, -0.05) is 23.2 Å². The third-order valence-corrected chi connectivity index (χ3v) is 3.85. The Labute approximate surface area is 111 Å². The minimum Gasteiger partial charge on any atom is -0.329 e. The van der Waals surface area contributed by atoms with Gasteiger partial charge in [-0.3, -0.25) is 0 Å². The van der Waals surface area contributed by atoms with Crippen LogP contribution in [-0.2, 0) is 0 Å². The van der Waals surface area contributed by atoms with Gasteiger partial charge in [-0.05, 0) is 25.2 Å². The lowest BCUT2D eigenvalue weighted by Crippen LogP contribution is -2.27. The molecule has 0 atom stereocenters. The normalized spacial score (nSPS) is 11.1. The van der Waals surface area contributed by atoms with Crippen molar-refractivity contribution in [3.05, 3.63) is 28.2 Å². The highest BCUT2D eigenvalue weighted by atomic mass is 35.5. The average molecular weight is 279 g/mol. The van der Waals surface area contributed by atoms with E-state index in [9.17, 15) is 0 Å². The highest BCUT2D eigenvalue weighted by molar-refractivity contribution is 7.99. The number of rotatable bonds is 6. The van der Waals surface area contributed by atoms with Gasteiger partial charge in [0.25, 0.3) is 0 Å². The van der Waals surface area contributed by atoms with Crippen LogP contribution in [0.3, 0.4) is 0 Å². The topological polar surface area (TPSA) is 29.3 Å². The molecule has 0 aliphatic heterocycles. The lowest BCUT2D eigenvalue weighted by atomic mass is 10.4. The Hall–Kier alpha value is 0.0700. The molecule has 0 unspecified atom stereocenters. The maximum absolute atomic E-state index is 6.06. The van der Waals surface area contributed by atoms with Crippen molar-refractivity contribution in [1.29, 1.82) is 0 Å². The zero-order chi connectivity index (χ0) is 12.0. The second kappa shape index (κ2) is 7.41. The van der Waals surface area contributed by atoms with Crippen LogP contribution in [0, 0.1) is 0 Å². The van der Waals surface area contributed by atoms with Gasteiger partial charge in [0.1, 0.15) is 0 Å². The van der Waals surface area contributed by atoms with E-state index in [0.29, 0.717) is 6.54 Å². The van der Waals surface area contributed by atoms with Gasteiger partial charge in [0.15, 0.2) is 0 Å². The molecule has 16 heavy (non-hydrogen) atoms. The predicted octanol–water partition coefficient (Wildman–Crippen LogP) is 2.98. The number of thioether (sulfide) groups is 1. The fourth-order valence-corrected chi connectivity index (χ4v) is 2.79. The summed E-state index contributed by atoms with van der Waals surface area (Å²) in [4.78, 5) is 3.24. The molecule has 0 aliphatic carbocycles. The number of nitrogens with two attached hydrogens (primary N) is 1. The fourth-order valence-electron chi connectivity index (χ4n) is 1.23. The highest BCUT2D eigenvalue weighted by Gasteiger charge is 2.03. The molecule has 0 heterocycles. The molecule has 0 aliphatic rings. The molecule has 0 radical (unpaired) electrons. The highest BCUT2D eigenvalue weighted by Crippen LogP contribution is 2.29. The molecule has 1 aromatic rings. The minimum atomic E-state index is 0.694. The van der Waals surface area contributed by atoms with Crippen LogP contribution in [0.1, 0.15) is 0 Å². The molecule has 5 heteroatoms. The van der Waals surface area contributed by atoms with Crippen molar-refractivity contribution in [3.8, 4) is 0 Å². The zero-order valence-electron chi connectivity index (χ0n) is 9.25. The van der Waals surface area contributed by atoms with E-state index in [4.69, 9.17) is 28.9 Å². The quantitative estimate of drug-likeness (QED) is 0.812. The van der Waals surface area contributed by atoms with Crippen molar-refractivity contribution in [1.82, 2.24) is 4.90 Å². The van der Waals surface area contributed by atoms with Crippen LogP contribution in [0.5, 0.6) is 0 Å². The average Bonchev–Trinajstić information content (AvgIpc) is 2.23. The van der Waals surface area contributed by atoms with E-state index in [1.54, 1.807) is 17.8 Å². The summed E-state index contributed by atoms with van der Waals surface area (Å²) in [6.07, 6.45) is 0. The monoisotopic (exact) mass is 278 g/mol. The lowest BCUT2D eigenvalue weighted by Gasteiger charge is -2.14. The van der Waals surface area contributed by atoms with Crippen molar-refractivity contribution in [3.63, 3.8) is 0 Å². The summed E-state index contributed by atoms with van der Waals surface area (Å²) in [6, 6.07) is 5.53. The zero-order valence-corrected chi connectivity index (χ0v) is 11.6. The van der Waals surface area contributed by atoms with Gasteiger partial charge < -0.3 is 10.6 Å². The number of hydrogen-bond donors (Lipinski definition) is 1. The fraction of sp³-hybridized carbons (Fsp3) is 0.455. The number of likely N-dealkylation sites (N-methyl/N-ethyl adjacent to an activating group) is 1. The predicted molar refractivity (Wildman–Crippen MR) is 73.7 cm³/mol. The SMILES string of the molecule is CN(CCN)CCSc1cc(Cl)ccc1Cl. The summed E-state index contributed by atoms with van der Waals surface area (Å²) in [5.41, 5.74) is 5.47. The van der Waals surface area contributed by atoms with Crippen LogP contribution in [0.25, 0.3) is 0 Å². The standard InChI is InChI=1S/C11H16Cl2N2S/c1-15(5-4-14)6-7-16-11-8-9(12)2-3-10(11)13/h2-3,8H,4-7,14H2,1H3. The third kappa shape index (κ3) is 4.93. The first-order valence-corrected chi connectivity index (χ1v) is 6.84. The van der Waals surface area contributed by atoms with Crippen LogP contribution in [-0.4, -0.2) is 37.3 Å². The van der Waals surface area contributed by atoms with Gasteiger partial charge >= 0.3 is 0 Å². The Kier molecular flexibility index (Phi) is 6.54. The van der Waals surface area contributed by atoms with E-state index in [1.807, 2.05) is 12.1 Å². The van der Waals surface area contributed by atoms with E-state index >= 15 is 0 Å². The summed E-state index contributed by atoms with van der Waals surface area (Å²) in [5.74, 6) is 0.983. The number of benzene rings is 1.